The molecule has 3 rings (SSSR count). The van der Waals surface area contributed by atoms with E-state index in [1.54, 1.807) is 11.2 Å². The monoisotopic (exact) mass is 342 g/mol. The molecule has 1 aliphatic rings. The first-order valence-electron chi connectivity index (χ1n) is 8.87. The topological polar surface area (TPSA) is 66.3 Å². The first kappa shape index (κ1) is 17.3. The maximum atomic E-state index is 12.4. The van der Waals surface area contributed by atoms with Gasteiger partial charge in [-0.2, -0.15) is 0 Å². The summed E-state index contributed by atoms with van der Waals surface area (Å²) >= 11 is 0. The van der Waals surface area contributed by atoms with Crippen LogP contribution in [0.15, 0.2) is 30.6 Å². The van der Waals surface area contributed by atoms with Crippen molar-refractivity contribution in [1.29, 1.82) is 0 Å². The summed E-state index contributed by atoms with van der Waals surface area (Å²) in [6.07, 6.45) is 4.16. The lowest BCUT2D eigenvalue weighted by molar-refractivity contribution is 0.206. The Bertz CT molecular complexity index is 707. The fourth-order valence-electron chi connectivity index (χ4n) is 3.21. The van der Waals surface area contributed by atoms with Gasteiger partial charge in [0, 0.05) is 38.9 Å². The average molecular weight is 342 g/mol. The number of aryl methyl sites for hydroxylation is 1. The highest BCUT2D eigenvalue weighted by molar-refractivity contribution is 5.74. The number of carbonyl (C=O) groups is 1. The van der Waals surface area contributed by atoms with Crippen molar-refractivity contribution < 1.29 is 4.79 Å². The zero-order valence-electron chi connectivity index (χ0n) is 15.0. The number of urea groups is 1. The highest BCUT2D eigenvalue weighted by Crippen LogP contribution is 2.25. The molecule has 0 bridgehead atoms. The summed E-state index contributed by atoms with van der Waals surface area (Å²) in [5.74, 6) is 0.765. The molecule has 2 heterocycles. The summed E-state index contributed by atoms with van der Waals surface area (Å²) in [4.78, 5) is 16.5. The Kier molecular flexibility index (Phi) is 5.53. The van der Waals surface area contributed by atoms with Crippen LogP contribution in [0.3, 0.4) is 0 Å². The van der Waals surface area contributed by atoms with Crippen LogP contribution in [-0.4, -0.2) is 45.8 Å². The molecule has 0 atom stereocenters. The minimum Gasteiger partial charge on any atom is -0.371 e. The first-order chi connectivity index (χ1) is 12.2. The number of nitrogens with one attached hydrogen (secondary N) is 1. The number of hydrogen-bond donors (Lipinski definition) is 1. The molecule has 0 aliphatic carbocycles. The highest BCUT2D eigenvalue weighted by atomic mass is 16.2. The number of hydrogen-bond acceptors (Lipinski definition) is 4. The van der Waals surface area contributed by atoms with Crippen LogP contribution in [0.4, 0.5) is 10.5 Å². The molecule has 134 valence electrons. The minimum atomic E-state index is -0.109. The molecular weight excluding hydrogens is 316 g/mol. The van der Waals surface area contributed by atoms with Crippen molar-refractivity contribution >= 4 is 11.7 Å². The molecule has 7 nitrogen and oxygen atoms in total. The normalized spacial score (nSPS) is 13.9. The summed E-state index contributed by atoms with van der Waals surface area (Å²) in [5, 5.41) is 10.8. The Morgan fingerprint density at radius 3 is 2.80 bits per heavy atom. The van der Waals surface area contributed by atoms with E-state index in [9.17, 15) is 4.79 Å². The largest absolute Gasteiger partial charge is 0.371 e. The van der Waals surface area contributed by atoms with Crippen molar-refractivity contribution in [2.45, 2.75) is 39.4 Å². The molecular formula is C18H26N6O. The SMILES string of the molecule is CCn1cnnc1CNC(=O)N(C)Cc1ccccc1N1CCCC1. The lowest BCUT2D eigenvalue weighted by Gasteiger charge is -2.24. The van der Waals surface area contributed by atoms with Gasteiger partial charge in [0.25, 0.3) is 0 Å². The van der Waals surface area contributed by atoms with E-state index in [4.69, 9.17) is 0 Å². The minimum absolute atomic E-state index is 0.109. The van der Waals surface area contributed by atoms with Gasteiger partial charge in [0.2, 0.25) is 0 Å². The summed E-state index contributed by atoms with van der Waals surface area (Å²) in [7, 11) is 1.82. The zero-order chi connectivity index (χ0) is 17.6. The van der Waals surface area contributed by atoms with Crippen LogP contribution in [0.5, 0.6) is 0 Å². The first-order valence-corrected chi connectivity index (χ1v) is 8.87. The van der Waals surface area contributed by atoms with Gasteiger partial charge in [-0.15, -0.1) is 10.2 Å². The lowest BCUT2D eigenvalue weighted by atomic mass is 10.1. The molecule has 2 amide bonds. The third kappa shape index (κ3) is 4.10. The van der Waals surface area contributed by atoms with Gasteiger partial charge < -0.3 is 19.7 Å². The van der Waals surface area contributed by atoms with Crippen molar-refractivity contribution in [2.24, 2.45) is 0 Å². The summed E-state index contributed by atoms with van der Waals surface area (Å²) in [6, 6.07) is 8.24. The predicted octanol–water partition coefficient (Wildman–Crippen LogP) is 2.24. The van der Waals surface area contributed by atoms with Gasteiger partial charge in [0.15, 0.2) is 5.82 Å². The van der Waals surface area contributed by atoms with E-state index in [2.05, 4.69) is 38.6 Å². The van der Waals surface area contributed by atoms with Gasteiger partial charge in [-0.25, -0.2) is 4.79 Å². The Morgan fingerprint density at radius 2 is 2.04 bits per heavy atom. The molecule has 1 fully saturated rings. The van der Waals surface area contributed by atoms with E-state index >= 15 is 0 Å². The smallest absolute Gasteiger partial charge is 0.317 e. The number of aromatic nitrogens is 3. The van der Waals surface area contributed by atoms with Gasteiger partial charge in [0.1, 0.15) is 6.33 Å². The van der Waals surface area contributed by atoms with Crippen LogP contribution in [-0.2, 0) is 19.6 Å². The van der Waals surface area contributed by atoms with Crippen LogP contribution in [0.25, 0.3) is 0 Å². The van der Waals surface area contributed by atoms with E-state index in [1.165, 1.54) is 24.1 Å². The quantitative estimate of drug-likeness (QED) is 0.874. The van der Waals surface area contributed by atoms with Gasteiger partial charge in [-0.3, -0.25) is 0 Å². The molecule has 0 spiro atoms. The fraction of sp³-hybridized carbons (Fsp3) is 0.500. The van der Waals surface area contributed by atoms with Gasteiger partial charge >= 0.3 is 6.03 Å². The molecule has 1 aromatic heterocycles. The summed E-state index contributed by atoms with van der Waals surface area (Å²) in [6.45, 7) is 5.97. The zero-order valence-corrected chi connectivity index (χ0v) is 15.0. The standard InChI is InChI=1S/C18H26N6O/c1-3-23-14-20-21-17(23)12-19-18(25)22(2)13-15-8-4-5-9-16(15)24-10-6-7-11-24/h4-5,8-9,14H,3,6-7,10-13H2,1-2H3,(H,19,25). The molecule has 1 saturated heterocycles. The van der Waals surface area contributed by atoms with Crippen molar-refractivity contribution in [2.75, 3.05) is 25.0 Å². The second-order valence-electron chi connectivity index (χ2n) is 6.37. The van der Waals surface area contributed by atoms with Gasteiger partial charge in [-0.05, 0) is 31.4 Å². The number of amides is 2. The Labute approximate surface area is 148 Å². The van der Waals surface area contributed by atoms with Gasteiger partial charge in [0.05, 0.1) is 6.54 Å². The summed E-state index contributed by atoms with van der Waals surface area (Å²) < 4.78 is 1.92. The Morgan fingerprint density at radius 1 is 1.28 bits per heavy atom. The van der Waals surface area contributed by atoms with Gasteiger partial charge in [-0.1, -0.05) is 18.2 Å². The van der Waals surface area contributed by atoms with Crippen LogP contribution in [0.2, 0.25) is 0 Å². The molecule has 0 saturated carbocycles. The van der Waals surface area contributed by atoms with E-state index in [-0.39, 0.29) is 6.03 Å². The number of carbonyl (C=O) groups excluding carboxylic acids is 1. The van der Waals surface area contributed by atoms with Crippen LogP contribution in [0.1, 0.15) is 31.2 Å². The molecule has 7 heteroatoms. The van der Waals surface area contributed by atoms with Crippen molar-refractivity contribution in [1.82, 2.24) is 25.0 Å². The molecule has 0 unspecified atom stereocenters. The van der Waals surface area contributed by atoms with Crippen molar-refractivity contribution in [3.05, 3.63) is 42.0 Å². The summed E-state index contributed by atoms with van der Waals surface area (Å²) in [5.41, 5.74) is 2.42. The Balaban J connectivity index is 1.60. The molecule has 25 heavy (non-hydrogen) atoms. The number of para-hydroxylation sites is 1. The molecule has 1 aliphatic heterocycles. The fourth-order valence-corrected chi connectivity index (χ4v) is 3.21. The second-order valence-corrected chi connectivity index (χ2v) is 6.37. The average Bonchev–Trinajstić information content (AvgIpc) is 3.31. The molecule has 1 N–H and O–H groups in total. The van der Waals surface area contributed by atoms with E-state index in [0.717, 1.165) is 25.5 Å². The highest BCUT2D eigenvalue weighted by Gasteiger charge is 2.17. The van der Waals surface area contributed by atoms with E-state index in [0.29, 0.717) is 13.1 Å². The number of rotatable bonds is 6. The third-order valence-corrected chi connectivity index (χ3v) is 4.63. The van der Waals surface area contributed by atoms with Crippen molar-refractivity contribution in [3.8, 4) is 0 Å². The number of nitrogens with zero attached hydrogens (tertiary/aromatic N) is 5. The lowest BCUT2D eigenvalue weighted by Crippen LogP contribution is -2.37. The third-order valence-electron chi connectivity index (χ3n) is 4.63. The van der Waals surface area contributed by atoms with E-state index < -0.39 is 0 Å². The molecule has 2 aromatic rings. The molecule has 0 radical (unpaired) electrons. The second kappa shape index (κ2) is 8.00. The van der Waals surface area contributed by atoms with Crippen LogP contribution < -0.4 is 10.2 Å². The van der Waals surface area contributed by atoms with E-state index in [1.807, 2.05) is 24.6 Å². The number of benzene rings is 1. The van der Waals surface area contributed by atoms with Crippen LogP contribution in [0, 0.1) is 0 Å². The number of anilines is 1. The maximum absolute atomic E-state index is 12.4. The Hall–Kier alpha value is -2.57. The van der Waals surface area contributed by atoms with Crippen LogP contribution >= 0.6 is 0 Å². The maximum Gasteiger partial charge on any atom is 0.317 e. The predicted molar refractivity (Wildman–Crippen MR) is 97.3 cm³/mol. The van der Waals surface area contributed by atoms with Crippen molar-refractivity contribution in [3.63, 3.8) is 0 Å². The molecule has 1 aromatic carbocycles.